The molecule has 3 aromatic rings. The molecule has 1 saturated carbocycles. The maximum atomic E-state index is 12.5. The highest BCUT2D eigenvalue weighted by molar-refractivity contribution is 7.99. The van der Waals surface area contributed by atoms with E-state index in [1.165, 1.54) is 17.3 Å². The van der Waals surface area contributed by atoms with Crippen LogP contribution < -0.4 is 5.32 Å². The molecule has 2 aromatic carbocycles. The number of thioether (sulfide) groups is 1. The van der Waals surface area contributed by atoms with Crippen LogP contribution in [-0.2, 0) is 21.5 Å². The summed E-state index contributed by atoms with van der Waals surface area (Å²) in [4.78, 5) is 17.2. The van der Waals surface area contributed by atoms with E-state index in [4.69, 9.17) is 9.72 Å². The van der Waals surface area contributed by atoms with Crippen LogP contribution in [0.2, 0.25) is 0 Å². The number of nitrogens with one attached hydrogen (secondary N) is 1. The Hall–Kier alpha value is -2.31. The number of para-hydroxylation sites is 2. The van der Waals surface area contributed by atoms with Crippen molar-refractivity contribution in [1.82, 2.24) is 14.9 Å². The molecule has 0 aliphatic heterocycles. The maximum absolute atomic E-state index is 12.5. The van der Waals surface area contributed by atoms with Crippen LogP contribution in [-0.4, -0.2) is 41.5 Å². The van der Waals surface area contributed by atoms with Crippen LogP contribution in [0.1, 0.15) is 18.4 Å². The molecule has 0 radical (unpaired) electrons. The third kappa shape index (κ3) is 4.08. The molecule has 0 spiro atoms. The number of amides is 1. The molecule has 1 aliphatic carbocycles. The predicted octanol–water partition coefficient (Wildman–Crippen LogP) is 3.62. The third-order valence-electron chi connectivity index (χ3n) is 5.33. The van der Waals surface area contributed by atoms with E-state index < -0.39 is 0 Å². The lowest BCUT2D eigenvalue weighted by Crippen LogP contribution is -2.33. The summed E-state index contributed by atoms with van der Waals surface area (Å²) in [7, 11) is 1.69. The number of ether oxygens (including phenoxy) is 1. The van der Waals surface area contributed by atoms with Gasteiger partial charge in [-0.1, -0.05) is 54.2 Å². The Kier molecular flexibility index (Phi) is 5.69. The fourth-order valence-corrected chi connectivity index (χ4v) is 4.39. The van der Waals surface area contributed by atoms with E-state index in [1.54, 1.807) is 7.11 Å². The van der Waals surface area contributed by atoms with Gasteiger partial charge in [0.15, 0.2) is 5.16 Å². The summed E-state index contributed by atoms with van der Waals surface area (Å²) in [6.07, 6.45) is 2.27. The zero-order valence-electron chi connectivity index (χ0n) is 16.1. The zero-order valence-corrected chi connectivity index (χ0v) is 16.9. The van der Waals surface area contributed by atoms with E-state index in [1.807, 2.05) is 24.3 Å². The molecule has 28 heavy (non-hydrogen) atoms. The maximum Gasteiger partial charge on any atom is 0.230 e. The van der Waals surface area contributed by atoms with E-state index in [9.17, 15) is 4.79 Å². The van der Waals surface area contributed by atoms with Crippen LogP contribution in [0.4, 0.5) is 0 Å². The van der Waals surface area contributed by atoms with Gasteiger partial charge in [0.25, 0.3) is 0 Å². The Morgan fingerprint density at radius 2 is 1.93 bits per heavy atom. The zero-order chi connectivity index (χ0) is 19.4. The minimum absolute atomic E-state index is 0.0533. The normalized spacial score (nSPS) is 14.9. The fraction of sp³-hybridized carbons (Fsp3) is 0.364. The summed E-state index contributed by atoms with van der Waals surface area (Å²) in [5.74, 6) is 0.416. The molecule has 1 amide bonds. The van der Waals surface area contributed by atoms with Crippen LogP contribution in [0.3, 0.4) is 0 Å². The number of carbonyl (C=O) groups is 1. The van der Waals surface area contributed by atoms with Crippen molar-refractivity contribution in [2.45, 2.75) is 30.0 Å². The molecule has 1 heterocycles. The second kappa shape index (κ2) is 8.37. The molecule has 4 rings (SSSR count). The second-order valence-corrected chi connectivity index (χ2v) is 8.18. The lowest BCUT2D eigenvalue weighted by Gasteiger charge is -2.16. The fourth-order valence-electron chi connectivity index (χ4n) is 3.52. The Morgan fingerprint density at radius 1 is 1.18 bits per heavy atom. The van der Waals surface area contributed by atoms with Gasteiger partial charge < -0.3 is 14.6 Å². The number of aromatic nitrogens is 2. The Morgan fingerprint density at radius 3 is 2.68 bits per heavy atom. The number of hydrogen-bond donors (Lipinski definition) is 1. The van der Waals surface area contributed by atoms with E-state index in [2.05, 4.69) is 40.2 Å². The average molecular weight is 396 g/mol. The number of hydrogen-bond acceptors (Lipinski definition) is 4. The summed E-state index contributed by atoms with van der Waals surface area (Å²) in [5, 5.41) is 3.99. The molecule has 0 saturated heterocycles. The van der Waals surface area contributed by atoms with Crippen molar-refractivity contribution in [2.75, 3.05) is 26.0 Å². The number of methoxy groups -OCH3 is 1. The molecule has 0 atom stereocenters. The van der Waals surface area contributed by atoms with Gasteiger partial charge in [0, 0.05) is 25.6 Å². The van der Waals surface area contributed by atoms with Gasteiger partial charge in [0.05, 0.1) is 23.4 Å². The van der Waals surface area contributed by atoms with Gasteiger partial charge >= 0.3 is 0 Å². The lowest BCUT2D eigenvalue weighted by molar-refractivity contribution is -0.118. The van der Waals surface area contributed by atoms with Crippen LogP contribution in [0.25, 0.3) is 11.0 Å². The Balaban J connectivity index is 1.37. The summed E-state index contributed by atoms with van der Waals surface area (Å²) in [6.45, 7) is 2.04. The first kappa shape index (κ1) is 19.0. The Bertz CT molecular complexity index is 951. The van der Waals surface area contributed by atoms with Crippen molar-refractivity contribution in [3.63, 3.8) is 0 Å². The molecule has 146 valence electrons. The highest BCUT2D eigenvalue weighted by Gasteiger charge is 2.44. The van der Waals surface area contributed by atoms with Crippen molar-refractivity contribution in [3.05, 3.63) is 60.2 Å². The highest BCUT2D eigenvalue weighted by Crippen LogP contribution is 2.47. The largest absolute Gasteiger partial charge is 0.383 e. The standard InChI is InChI=1S/C22H25N3O2S/c1-27-14-13-25-19-10-6-5-9-18(19)24-21(25)28-15-20(26)23-16-22(11-12-22)17-7-3-2-4-8-17/h2-10H,11-16H2,1H3,(H,23,26). The number of rotatable bonds is 9. The van der Waals surface area contributed by atoms with Gasteiger partial charge in [0.1, 0.15) is 0 Å². The quantitative estimate of drug-likeness (QED) is 0.562. The minimum Gasteiger partial charge on any atom is -0.383 e. The summed E-state index contributed by atoms with van der Waals surface area (Å²) < 4.78 is 7.36. The van der Waals surface area contributed by atoms with Crippen molar-refractivity contribution in [2.24, 2.45) is 0 Å². The number of fused-ring (bicyclic) bond motifs is 1. The minimum atomic E-state index is 0.0533. The van der Waals surface area contributed by atoms with E-state index >= 15 is 0 Å². The van der Waals surface area contributed by atoms with Gasteiger partial charge in [-0.15, -0.1) is 0 Å². The van der Waals surface area contributed by atoms with E-state index in [0.29, 0.717) is 18.9 Å². The van der Waals surface area contributed by atoms with Crippen molar-refractivity contribution < 1.29 is 9.53 Å². The van der Waals surface area contributed by atoms with Crippen LogP contribution in [0.5, 0.6) is 0 Å². The summed E-state index contributed by atoms with van der Waals surface area (Å²) in [6, 6.07) is 18.5. The van der Waals surface area contributed by atoms with Crippen molar-refractivity contribution in [1.29, 1.82) is 0 Å². The molecule has 1 aromatic heterocycles. The van der Waals surface area contributed by atoms with Gasteiger partial charge in [-0.25, -0.2) is 4.98 Å². The van der Waals surface area contributed by atoms with Crippen LogP contribution in [0.15, 0.2) is 59.8 Å². The lowest BCUT2D eigenvalue weighted by atomic mass is 9.96. The predicted molar refractivity (Wildman–Crippen MR) is 113 cm³/mol. The molecule has 1 fully saturated rings. The van der Waals surface area contributed by atoms with Crippen molar-refractivity contribution in [3.8, 4) is 0 Å². The first-order valence-electron chi connectivity index (χ1n) is 9.61. The molecule has 0 bridgehead atoms. The smallest absolute Gasteiger partial charge is 0.230 e. The number of imidazole rings is 1. The highest BCUT2D eigenvalue weighted by atomic mass is 32.2. The third-order valence-corrected chi connectivity index (χ3v) is 6.31. The SMILES string of the molecule is COCCn1c(SCC(=O)NCC2(c3ccccc3)CC2)nc2ccccc21. The molecular weight excluding hydrogens is 370 g/mol. The monoisotopic (exact) mass is 395 g/mol. The van der Waals surface area contributed by atoms with Crippen molar-refractivity contribution >= 4 is 28.7 Å². The van der Waals surface area contributed by atoms with Gasteiger partial charge in [-0.3, -0.25) is 4.79 Å². The molecule has 1 aliphatic rings. The van der Waals surface area contributed by atoms with Gasteiger partial charge in [-0.05, 0) is 30.5 Å². The summed E-state index contributed by atoms with van der Waals surface area (Å²) in [5.41, 5.74) is 3.48. The van der Waals surface area contributed by atoms with E-state index in [0.717, 1.165) is 35.6 Å². The number of nitrogens with zero attached hydrogens (tertiary/aromatic N) is 2. The van der Waals surface area contributed by atoms with Gasteiger partial charge in [0.2, 0.25) is 5.91 Å². The van der Waals surface area contributed by atoms with Crippen LogP contribution in [0, 0.1) is 0 Å². The van der Waals surface area contributed by atoms with E-state index in [-0.39, 0.29) is 11.3 Å². The summed E-state index contributed by atoms with van der Waals surface area (Å²) >= 11 is 1.48. The number of carbonyl (C=O) groups excluding carboxylic acids is 1. The van der Waals surface area contributed by atoms with Gasteiger partial charge in [-0.2, -0.15) is 0 Å². The molecular formula is C22H25N3O2S. The molecule has 1 N–H and O–H groups in total. The molecule has 0 unspecified atom stereocenters. The second-order valence-electron chi connectivity index (χ2n) is 7.24. The first-order valence-corrected chi connectivity index (χ1v) is 10.6. The molecule has 5 nitrogen and oxygen atoms in total. The average Bonchev–Trinajstić information content (AvgIpc) is 3.45. The van der Waals surface area contributed by atoms with Crippen LogP contribution >= 0.6 is 11.8 Å². The number of benzene rings is 2. The first-order chi connectivity index (χ1) is 13.7. The topological polar surface area (TPSA) is 56.1 Å². The Labute approximate surface area is 169 Å². The molecule has 6 heteroatoms.